The van der Waals surface area contributed by atoms with E-state index in [0.717, 1.165) is 19.3 Å². The van der Waals surface area contributed by atoms with E-state index in [-0.39, 0.29) is 11.9 Å². The number of aromatic nitrogens is 2. The van der Waals surface area contributed by atoms with Crippen LogP contribution in [0.2, 0.25) is 5.02 Å². The Morgan fingerprint density at radius 2 is 2.53 bits per heavy atom. The fourth-order valence-electron chi connectivity index (χ4n) is 2.56. The number of rotatable bonds is 3. The molecule has 2 atom stereocenters. The molecule has 1 aromatic heterocycles. The van der Waals surface area contributed by atoms with Crippen molar-refractivity contribution in [3.05, 3.63) is 17.4 Å². The van der Waals surface area contributed by atoms with Gasteiger partial charge in [0.25, 0.3) is 0 Å². The molecule has 3 N–H and O–H groups in total. The predicted octanol–water partition coefficient (Wildman–Crippen LogP) is 1.10. The summed E-state index contributed by atoms with van der Waals surface area (Å²) in [6.45, 7) is 0. The Balaban J connectivity index is 2.19. The van der Waals surface area contributed by atoms with E-state index < -0.39 is 5.54 Å². The molecule has 2 unspecified atom stereocenters. The third-order valence-electron chi connectivity index (χ3n) is 3.62. The molecule has 1 aliphatic carbocycles. The number of nitrogens with zero attached hydrogens (tertiary/aromatic N) is 2. The number of amides is 1. The number of hydrogen-bond donors (Lipinski definition) is 2. The molecular weight excluding hydrogens is 240 g/mol. The maximum Gasteiger partial charge on any atom is 0.237 e. The van der Waals surface area contributed by atoms with Gasteiger partial charge in [-0.15, -0.1) is 0 Å². The standard InChI is InChI=1S/C11H17ClN4O/c1-14-11(10(13)17)4-2-3-9(5-11)16-7-8(12)6-15-16/h6-7,9,14H,2-5H2,1H3,(H2,13,17). The Hall–Kier alpha value is -1.07. The third kappa shape index (κ3) is 2.30. The lowest BCUT2D eigenvalue weighted by Gasteiger charge is -2.38. The number of carbonyl (C=O) groups is 1. The fraction of sp³-hybridized carbons (Fsp3) is 0.636. The van der Waals surface area contributed by atoms with Crippen molar-refractivity contribution in [1.82, 2.24) is 15.1 Å². The summed E-state index contributed by atoms with van der Waals surface area (Å²) in [6.07, 6.45) is 6.79. The van der Waals surface area contributed by atoms with E-state index in [0.29, 0.717) is 11.4 Å². The summed E-state index contributed by atoms with van der Waals surface area (Å²) in [5.74, 6) is -0.289. The summed E-state index contributed by atoms with van der Waals surface area (Å²) in [4.78, 5) is 11.6. The van der Waals surface area contributed by atoms with Gasteiger partial charge in [-0.05, 0) is 32.7 Å². The topological polar surface area (TPSA) is 72.9 Å². The Bertz CT molecular complexity index is 419. The van der Waals surface area contributed by atoms with E-state index in [1.807, 2.05) is 4.68 Å². The second-order valence-corrected chi connectivity index (χ2v) is 5.02. The van der Waals surface area contributed by atoms with Gasteiger partial charge in [0.05, 0.1) is 22.8 Å². The zero-order valence-corrected chi connectivity index (χ0v) is 10.6. The van der Waals surface area contributed by atoms with Crippen molar-refractivity contribution in [2.45, 2.75) is 37.3 Å². The molecule has 2 rings (SSSR count). The van der Waals surface area contributed by atoms with Crippen molar-refractivity contribution >= 4 is 17.5 Å². The van der Waals surface area contributed by atoms with Gasteiger partial charge in [-0.3, -0.25) is 9.48 Å². The minimum absolute atomic E-state index is 0.177. The maximum absolute atomic E-state index is 11.6. The van der Waals surface area contributed by atoms with Crippen molar-refractivity contribution in [2.24, 2.45) is 5.73 Å². The van der Waals surface area contributed by atoms with Crippen LogP contribution in [0.25, 0.3) is 0 Å². The van der Waals surface area contributed by atoms with Crippen LogP contribution in [0.5, 0.6) is 0 Å². The quantitative estimate of drug-likeness (QED) is 0.851. The zero-order chi connectivity index (χ0) is 12.5. The summed E-state index contributed by atoms with van der Waals surface area (Å²) >= 11 is 5.86. The van der Waals surface area contributed by atoms with Gasteiger partial charge in [-0.1, -0.05) is 11.6 Å². The van der Waals surface area contributed by atoms with Crippen LogP contribution >= 0.6 is 11.6 Å². The minimum atomic E-state index is -0.610. The zero-order valence-electron chi connectivity index (χ0n) is 9.82. The van der Waals surface area contributed by atoms with Crippen LogP contribution in [-0.4, -0.2) is 28.3 Å². The normalized spacial score (nSPS) is 29.2. The molecule has 1 aliphatic rings. The molecule has 17 heavy (non-hydrogen) atoms. The van der Waals surface area contributed by atoms with E-state index in [1.54, 1.807) is 19.4 Å². The summed E-state index contributed by atoms with van der Waals surface area (Å²) < 4.78 is 1.83. The van der Waals surface area contributed by atoms with Crippen molar-refractivity contribution in [3.8, 4) is 0 Å². The van der Waals surface area contributed by atoms with Gasteiger partial charge in [-0.2, -0.15) is 5.10 Å². The van der Waals surface area contributed by atoms with Gasteiger partial charge in [0.1, 0.15) is 0 Å². The summed E-state index contributed by atoms with van der Waals surface area (Å²) in [6, 6.07) is 0.177. The van der Waals surface area contributed by atoms with Crippen LogP contribution < -0.4 is 11.1 Å². The van der Waals surface area contributed by atoms with Gasteiger partial charge in [0, 0.05) is 6.20 Å². The monoisotopic (exact) mass is 256 g/mol. The molecule has 1 amide bonds. The largest absolute Gasteiger partial charge is 0.368 e. The molecule has 0 spiro atoms. The van der Waals surface area contributed by atoms with E-state index in [2.05, 4.69) is 10.4 Å². The third-order valence-corrected chi connectivity index (χ3v) is 3.81. The van der Waals surface area contributed by atoms with E-state index >= 15 is 0 Å². The van der Waals surface area contributed by atoms with Crippen LogP contribution in [-0.2, 0) is 4.79 Å². The van der Waals surface area contributed by atoms with Crippen LogP contribution in [0, 0.1) is 0 Å². The first-order valence-corrected chi connectivity index (χ1v) is 6.14. The highest BCUT2D eigenvalue weighted by molar-refractivity contribution is 6.30. The molecular formula is C11H17ClN4O. The van der Waals surface area contributed by atoms with E-state index in [4.69, 9.17) is 17.3 Å². The predicted molar refractivity (Wildman–Crippen MR) is 65.7 cm³/mol. The fourth-order valence-corrected chi connectivity index (χ4v) is 2.70. The number of nitrogens with two attached hydrogens (primary N) is 1. The van der Waals surface area contributed by atoms with Crippen LogP contribution in [0.3, 0.4) is 0 Å². The summed E-state index contributed by atoms with van der Waals surface area (Å²) in [5, 5.41) is 7.89. The summed E-state index contributed by atoms with van der Waals surface area (Å²) in [7, 11) is 1.78. The average molecular weight is 257 g/mol. The summed E-state index contributed by atoms with van der Waals surface area (Å²) in [5.41, 5.74) is 4.89. The smallest absolute Gasteiger partial charge is 0.237 e. The first kappa shape index (κ1) is 12.4. The first-order valence-electron chi connectivity index (χ1n) is 5.76. The highest BCUT2D eigenvalue weighted by Gasteiger charge is 2.40. The number of hydrogen-bond acceptors (Lipinski definition) is 3. The molecule has 1 heterocycles. The number of carbonyl (C=O) groups excluding carboxylic acids is 1. The van der Waals surface area contributed by atoms with E-state index in [9.17, 15) is 4.79 Å². The van der Waals surface area contributed by atoms with Crippen LogP contribution in [0.15, 0.2) is 12.4 Å². The minimum Gasteiger partial charge on any atom is -0.368 e. The van der Waals surface area contributed by atoms with E-state index in [1.165, 1.54) is 0 Å². The SMILES string of the molecule is CNC1(C(N)=O)CCCC(n2cc(Cl)cn2)C1. The molecule has 0 bridgehead atoms. The molecule has 1 aromatic rings. The first-order chi connectivity index (χ1) is 8.07. The molecule has 5 nitrogen and oxygen atoms in total. The Morgan fingerprint density at radius 1 is 1.76 bits per heavy atom. The molecule has 0 aromatic carbocycles. The Morgan fingerprint density at radius 3 is 3.06 bits per heavy atom. The number of halogens is 1. The second-order valence-electron chi connectivity index (χ2n) is 4.59. The molecule has 94 valence electrons. The lowest BCUT2D eigenvalue weighted by molar-refractivity contribution is -0.126. The van der Waals surface area contributed by atoms with Crippen LogP contribution in [0.1, 0.15) is 31.7 Å². The maximum atomic E-state index is 11.6. The molecule has 6 heteroatoms. The van der Waals surface area contributed by atoms with Gasteiger partial charge < -0.3 is 11.1 Å². The van der Waals surface area contributed by atoms with Crippen molar-refractivity contribution < 1.29 is 4.79 Å². The highest BCUT2D eigenvalue weighted by atomic mass is 35.5. The molecule has 1 saturated carbocycles. The van der Waals surface area contributed by atoms with Crippen molar-refractivity contribution in [3.63, 3.8) is 0 Å². The molecule has 0 saturated heterocycles. The Kier molecular flexibility index (Phi) is 3.40. The van der Waals surface area contributed by atoms with Gasteiger partial charge >= 0.3 is 0 Å². The molecule has 1 fully saturated rings. The second kappa shape index (κ2) is 4.66. The van der Waals surface area contributed by atoms with Gasteiger partial charge in [-0.25, -0.2) is 0 Å². The van der Waals surface area contributed by atoms with Crippen molar-refractivity contribution in [2.75, 3.05) is 7.05 Å². The average Bonchev–Trinajstić information content (AvgIpc) is 2.76. The van der Waals surface area contributed by atoms with Gasteiger partial charge in [0.15, 0.2) is 0 Å². The lowest BCUT2D eigenvalue weighted by Crippen LogP contribution is -2.56. The molecule has 0 aliphatic heterocycles. The van der Waals surface area contributed by atoms with Crippen molar-refractivity contribution in [1.29, 1.82) is 0 Å². The highest BCUT2D eigenvalue weighted by Crippen LogP contribution is 2.35. The number of primary amides is 1. The van der Waals surface area contributed by atoms with Gasteiger partial charge in [0.2, 0.25) is 5.91 Å². The molecule has 0 radical (unpaired) electrons. The number of nitrogens with one attached hydrogen (secondary N) is 1. The Labute approximate surface area is 105 Å². The number of likely N-dealkylation sites (N-methyl/N-ethyl adjacent to an activating group) is 1. The lowest BCUT2D eigenvalue weighted by atomic mass is 9.78. The van der Waals surface area contributed by atoms with Crippen LogP contribution in [0.4, 0.5) is 0 Å².